The predicted octanol–water partition coefficient (Wildman–Crippen LogP) is 8.91. The molecule has 0 heteroatoms. The van der Waals surface area contributed by atoms with Gasteiger partial charge >= 0.3 is 0 Å². The van der Waals surface area contributed by atoms with Crippen LogP contribution in [0.1, 0.15) is 5.56 Å². The molecule has 0 aromatic heterocycles. The monoisotopic (exact) mass is 392 g/mol. The standard InChI is InChI=1S/C31H20/c1-19-18-20-10-2-3-11-21(20)30-28(19)26-16-8-9-17-27(26)29-24-14-6-4-12-22(24)23-13-5-7-15-25(23)31(29)30/h2-18H,1H3. The molecule has 0 amide bonds. The van der Waals surface area contributed by atoms with E-state index in [-0.39, 0.29) is 0 Å². The summed E-state index contributed by atoms with van der Waals surface area (Å²) in [6, 6.07) is 37.9. The van der Waals surface area contributed by atoms with Crippen molar-refractivity contribution in [2.24, 2.45) is 0 Å². The Bertz CT molecular complexity index is 1840. The van der Waals surface area contributed by atoms with E-state index in [1.54, 1.807) is 0 Å². The maximum Gasteiger partial charge on any atom is -0.000754 e. The summed E-state index contributed by atoms with van der Waals surface area (Å²) in [5, 5.41) is 16.1. The van der Waals surface area contributed by atoms with Crippen LogP contribution in [-0.4, -0.2) is 0 Å². The van der Waals surface area contributed by atoms with Gasteiger partial charge in [-0.2, -0.15) is 0 Å². The van der Waals surface area contributed by atoms with Crippen molar-refractivity contribution >= 4 is 64.6 Å². The molecule has 7 aromatic carbocycles. The second-order valence-corrected chi connectivity index (χ2v) is 8.55. The molecule has 0 N–H and O–H groups in total. The van der Waals surface area contributed by atoms with Crippen molar-refractivity contribution in [2.75, 3.05) is 0 Å². The smallest absolute Gasteiger partial charge is 0.000754 e. The van der Waals surface area contributed by atoms with Gasteiger partial charge < -0.3 is 0 Å². The van der Waals surface area contributed by atoms with Crippen LogP contribution in [0.25, 0.3) is 64.6 Å². The first-order chi connectivity index (χ1) is 15.3. The van der Waals surface area contributed by atoms with Gasteiger partial charge in [-0.05, 0) is 77.1 Å². The molecule has 31 heavy (non-hydrogen) atoms. The number of fused-ring (bicyclic) bond motifs is 13. The van der Waals surface area contributed by atoms with Gasteiger partial charge in [0.1, 0.15) is 0 Å². The summed E-state index contributed by atoms with van der Waals surface area (Å²) in [7, 11) is 0. The maximum absolute atomic E-state index is 2.35. The van der Waals surface area contributed by atoms with Gasteiger partial charge in [-0.3, -0.25) is 0 Å². The molecular weight excluding hydrogens is 372 g/mol. The van der Waals surface area contributed by atoms with E-state index in [4.69, 9.17) is 0 Å². The molecule has 0 nitrogen and oxygen atoms in total. The summed E-state index contributed by atoms with van der Waals surface area (Å²) in [6.07, 6.45) is 0. The minimum Gasteiger partial charge on any atom is -0.0616 e. The molecule has 144 valence electrons. The first-order valence-electron chi connectivity index (χ1n) is 10.9. The van der Waals surface area contributed by atoms with E-state index in [1.807, 2.05) is 0 Å². The van der Waals surface area contributed by atoms with Crippen molar-refractivity contribution in [3.8, 4) is 0 Å². The molecule has 0 saturated carbocycles. The average Bonchev–Trinajstić information content (AvgIpc) is 2.83. The predicted molar refractivity (Wildman–Crippen MR) is 136 cm³/mol. The molecule has 0 bridgehead atoms. The second kappa shape index (κ2) is 6.06. The largest absolute Gasteiger partial charge is 0.0616 e. The highest BCUT2D eigenvalue weighted by Crippen LogP contribution is 2.46. The maximum atomic E-state index is 2.35. The zero-order valence-electron chi connectivity index (χ0n) is 17.3. The first-order valence-corrected chi connectivity index (χ1v) is 10.9. The highest BCUT2D eigenvalue weighted by Gasteiger charge is 2.18. The van der Waals surface area contributed by atoms with Crippen LogP contribution in [0.2, 0.25) is 0 Å². The molecule has 0 saturated heterocycles. The lowest BCUT2D eigenvalue weighted by Crippen LogP contribution is -1.91. The Hall–Kier alpha value is -3.90. The van der Waals surface area contributed by atoms with Crippen LogP contribution < -0.4 is 0 Å². The van der Waals surface area contributed by atoms with Crippen molar-refractivity contribution < 1.29 is 0 Å². The Balaban J connectivity index is 2.02. The van der Waals surface area contributed by atoms with E-state index >= 15 is 0 Å². The topological polar surface area (TPSA) is 0 Å². The lowest BCUT2D eigenvalue weighted by atomic mass is 9.84. The molecule has 7 rings (SSSR count). The van der Waals surface area contributed by atoms with Gasteiger partial charge in [0.25, 0.3) is 0 Å². The summed E-state index contributed by atoms with van der Waals surface area (Å²) in [4.78, 5) is 0. The normalized spacial score (nSPS) is 12.0. The van der Waals surface area contributed by atoms with Crippen LogP contribution in [0.3, 0.4) is 0 Å². The van der Waals surface area contributed by atoms with Crippen molar-refractivity contribution in [2.45, 2.75) is 6.92 Å². The van der Waals surface area contributed by atoms with Gasteiger partial charge in [0, 0.05) is 0 Å². The number of hydrogen-bond donors (Lipinski definition) is 0. The molecule has 0 unspecified atom stereocenters. The van der Waals surface area contributed by atoms with E-state index in [0.29, 0.717) is 0 Å². The highest BCUT2D eigenvalue weighted by atomic mass is 14.2. The Labute approximate surface area is 180 Å². The average molecular weight is 393 g/mol. The van der Waals surface area contributed by atoms with Crippen LogP contribution in [-0.2, 0) is 0 Å². The van der Waals surface area contributed by atoms with E-state index in [0.717, 1.165) is 0 Å². The second-order valence-electron chi connectivity index (χ2n) is 8.55. The molecule has 0 radical (unpaired) electrons. The van der Waals surface area contributed by atoms with Gasteiger partial charge in [-0.25, -0.2) is 0 Å². The van der Waals surface area contributed by atoms with Crippen LogP contribution >= 0.6 is 0 Å². The van der Waals surface area contributed by atoms with Gasteiger partial charge in [-0.15, -0.1) is 0 Å². The van der Waals surface area contributed by atoms with Crippen molar-refractivity contribution in [3.05, 3.63) is 109 Å². The summed E-state index contributed by atoms with van der Waals surface area (Å²) in [5.41, 5.74) is 1.34. The van der Waals surface area contributed by atoms with E-state index in [9.17, 15) is 0 Å². The summed E-state index contributed by atoms with van der Waals surface area (Å²) >= 11 is 0. The Kier molecular flexibility index (Phi) is 3.29. The summed E-state index contributed by atoms with van der Waals surface area (Å²) in [5.74, 6) is 0. The molecule has 0 fully saturated rings. The number of benzene rings is 7. The van der Waals surface area contributed by atoms with Crippen molar-refractivity contribution in [1.82, 2.24) is 0 Å². The minimum atomic E-state index is 1.31. The SMILES string of the molecule is Cc1cc2ccccc2c2c1c1ccccc1c1c3ccccc3c3ccccc3c12. The van der Waals surface area contributed by atoms with Gasteiger partial charge in [0.2, 0.25) is 0 Å². The number of hydrogen-bond acceptors (Lipinski definition) is 0. The fourth-order valence-electron chi connectivity index (χ4n) is 5.69. The van der Waals surface area contributed by atoms with Gasteiger partial charge in [0.05, 0.1) is 0 Å². The first kappa shape index (κ1) is 16.8. The molecule has 0 aliphatic rings. The van der Waals surface area contributed by atoms with Crippen LogP contribution in [0, 0.1) is 6.92 Å². The van der Waals surface area contributed by atoms with Gasteiger partial charge in [0.15, 0.2) is 0 Å². The van der Waals surface area contributed by atoms with Gasteiger partial charge in [-0.1, -0.05) is 103 Å². The third-order valence-electron chi connectivity index (χ3n) is 6.90. The summed E-state index contributed by atoms with van der Waals surface area (Å²) in [6.45, 7) is 2.26. The van der Waals surface area contributed by atoms with E-state index < -0.39 is 0 Å². The van der Waals surface area contributed by atoms with Crippen molar-refractivity contribution in [1.29, 1.82) is 0 Å². The minimum absolute atomic E-state index is 1.31. The Morgan fingerprint density at radius 2 is 0.742 bits per heavy atom. The lowest BCUT2D eigenvalue weighted by Gasteiger charge is -2.19. The zero-order valence-corrected chi connectivity index (χ0v) is 17.3. The Morgan fingerprint density at radius 1 is 0.355 bits per heavy atom. The molecule has 0 aliphatic carbocycles. The van der Waals surface area contributed by atoms with Crippen molar-refractivity contribution in [3.63, 3.8) is 0 Å². The van der Waals surface area contributed by atoms with Crippen LogP contribution in [0.4, 0.5) is 0 Å². The molecule has 7 aromatic rings. The lowest BCUT2D eigenvalue weighted by molar-refractivity contribution is 1.57. The molecule has 0 heterocycles. The Morgan fingerprint density at radius 3 is 1.35 bits per heavy atom. The fourth-order valence-corrected chi connectivity index (χ4v) is 5.69. The molecule has 0 spiro atoms. The molecule has 0 aliphatic heterocycles. The highest BCUT2D eigenvalue weighted by molar-refractivity contribution is 6.42. The molecule has 0 atom stereocenters. The zero-order chi connectivity index (χ0) is 20.5. The third-order valence-corrected chi connectivity index (χ3v) is 6.90. The summed E-state index contributed by atoms with van der Waals surface area (Å²) < 4.78 is 0. The van der Waals surface area contributed by atoms with Crippen LogP contribution in [0.15, 0.2) is 103 Å². The number of rotatable bonds is 0. The quantitative estimate of drug-likeness (QED) is 0.226. The third kappa shape index (κ3) is 2.14. The fraction of sp³-hybridized carbons (Fsp3) is 0.0323. The van der Waals surface area contributed by atoms with E-state index in [1.165, 1.54) is 70.2 Å². The number of aryl methyl sites for hydroxylation is 1. The van der Waals surface area contributed by atoms with E-state index in [2.05, 4.69) is 110 Å². The van der Waals surface area contributed by atoms with Crippen LogP contribution in [0.5, 0.6) is 0 Å². The molecular formula is C31H20.